The van der Waals surface area contributed by atoms with Crippen LogP contribution >= 0.6 is 11.8 Å². The van der Waals surface area contributed by atoms with Crippen LogP contribution in [0.2, 0.25) is 0 Å². The zero-order valence-corrected chi connectivity index (χ0v) is 9.63. The third kappa shape index (κ3) is 1.96. The second-order valence-electron chi connectivity index (χ2n) is 3.92. The first kappa shape index (κ1) is 10.1. The molecule has 0 bridgehead atoms. The summed E-state index contributed by atoms with van der Waals surface area (Å²) < 4.78 is 0. The van der Waals surface area contributed by atoms with E-state index in [-0.39, 0.29) is 0 Å². The van der Waals surface area contributed by atoms with Crippen LogP contribution in [0, 0.1) is 0 Å². The standard InChI is InChI=1S/C12H17NS/c1-10-12(14-9-8-13(10)2)11-6-4-3-5-7-11/h3-7,10,12H,8-9H2,1-2H3/t10-,12+/m1/s1. The number of nitrogens with zero attached hydrogens (tertiary/aromatic N) is 1. The number of likely N-dealkylation sites (N-methyl/N-ethyl adjacent to an activating group) is 1. The fourth-order valence-electron chi connectivity index (χ4n) is 1.92. The van der Waals surface area contributed by atoms with Crippen molar-refractivity contribution in [3.05, 3.63) is 35.9 Å². The van der Waals surface area contributed by atoms with Gasteiger partial charge in [0, 0.05) is 23.6 Å². The molecule has 2 rings (SSSR count). The topological polar surface area (TPSA) is 3.24 Å². The van der Waals surface area contributed by atoms with Crippen LogP contribution in [-0.2, 0) is 0 Å². The Hall–Kier alpha value is -0.470. The molecule has 1 saturated heterocycles. The van der Waals surface area contributed by atoms with Gasteiger partial charge in [0.15, 0.2) is 0 Å². The summed E-state index contributed by atoms with van der Waals surface area (Å²) in [6.07, 6.45) is 0. The Kier molecular flexibility index (Phi) is 3.14. The van der Waals surface area contributed by atoms with E-state index < -0.39 is 0 Å². The van der Waals surface area contributed by atoms with Gasteiger partial charge in [0.25, 0.3) is 0 Å². The van der Waals surface area contributed by atoms with Crippen LogP contribution in [0.3, 0.4) is 0 Å². The van der Waals surface area contributed by atoms with Gasteiger partial charge in [-0.2, -0.15) is 11.8 Å². The van der Waals surface area contributed by atoms with Crippen molar-refractivity contribution in [1.82, 2.24) is 4.90 Å². The fraction of sp³-hybridized carbons (Fsp3) is 0.500. The van der Waals surface area contributed by atoms with Gasteiger partial charge in [-0.25, -0.2) is 0 Å². The third-order valence-electron chi connectivity index (χ3n) is 3.00. The van der Waals surface area contributed by atoms with Gasteiger partial charge in [0.1, 0.15) is 0 Å². The molecule has 2 heteroatoms. The highest BCUT2D eigenvalue weighted by atomic mass is 32.2. The highest BCUT2D eigenvalue weighted by molar-refractivity contribution is 7.99. The van der Waals surface area contributed by atoms with Crippen molar-refractivity contribution in [2.75, 3.05) is 19.3 Å². The average Bonchev–Trinajstić information content (AvgIpc) is 2.23. The van der Waals surface area contributed by atoms with Crippen LogP contribution in [0.25, 0.3) is 0 Å². The number of hydrogen-bond acceptors (Lipinski definition) is 2. The van der Waals surface area contributed by atoms with E-state index in [1.807, 2.05) is 0 Å². The molecular formula is C12H17NS. The van der Waals surface area contributed by atoms with Crippen molar-refractivity contribution in [1.29, 1.82) is 0 Å². The molecule has 1 aliphatic heterocycles. The molecule has 1 aliphatic rings. The normalized spacial score (nSPS) is 29.0. The molecule has 76 valence electrons. The lowest BCUT2D eigenvalue weighted by atomic mass is 10.1. The summed E-state index contributed by atoms with van der Waals surface area (Å²) in [4.78, 5) is 2.45. The summed E-state index contributed by atoms with van der Waals surface area (Å²) in [6, 6.07) is 11.5. The van der Waals surface area contributed by atoms with E-state index in [1.165, 1.54) is 17.9 Å². The molecule has 0 radical (unpaired) electrons. The van der Waals surface area contributed by atoms with Crippen molar-refractivity contribution in [2.45, 2.75) is 18.2 Å². The molecule has 1 heterocycles. The summed E-state index contributed by atoms with van der Waals surface area (Å²) in [7, 11) is 2.22. The summed E-state index contributed by atoms with van der Waals surface area (Å²) in [6.45, 7) is 3.54. The van der Waals surface area contributed by atoms with Crippen LogP contribution in [0.4, 0.5) is 0 Å². The maximum absolute atomic E-state index is 2.45. The molecule has 0 N–H and O–H groups in total. The molecule has 0 amide bonds. The van der Waals surface area contributed by atoms with Crippen molar-refractivity contribution in [2.24, 2.45) is 0 Å². The monoisotopic (exact) mass is 207 g/mol. The van der Waals surface area contributed by atoms with Crippen LogP contribution in [0.1, 0.15) is 17.7 Å². The van der Waals surface area contributed by atoms with Crippen molar-refractivity contribution >= 4 is 11.8 Å². The molecule has 2 atom stereocenters. The molecule has 1 aromatic rings. The quantitative estimate of drug-likeness (QED) is 0.696. The van der Waals surface area contributed by atoms with E-state index in [9.17, 15) is 0 Å². The lowest BCUT2D eigenvalue weighted by molar-refractivity contribution is 0.259. The van der Waals surface area contributed by atoms with Gasteiger partial charge in [-0.1, -0.05) is 30.3 Å². The fourth-order valence-corrected chi connectivity index (χ4v) is 3.40. The number of benzene rings is 1. The largest absolute Gasteiger partial charge is 0.301 e. The SMILES string of the molecule is C[C@@H]1[C@@H](c2ccccc2)SCCN1C. The molecule has 1 fully saturated rings. The molecule has 0 aromatic heterocycles. The van der Waals surface area contributed by atoms with Crippen LogP contribution in [-0.4, -0.2) is 30.3 Å². The van der Waals surface area contributed by atoms with E-state index in [0.29, 0.717) is 11.3 Å². The van der Waals surface area contributed by atoms with E-state index in [0.717, 1.165) is 0 Å². The predicted octanol–water partition coefficient (Wildman–Crippen LogP) is 2.79. The average molecular weight is 207 g/mol. The second kappa shape index (κ2) is 4.37. The molecule has 0 unspecified atom stereocenters. The number of hydrogen-bond donors (Lipinski definition) is 0. The van der Waals surface area contributed by atoms with Gasteiger partial charge in [-0.15, -0.1) is 0 Å². The minimum Gasteiger partial charge on any atom is -0.301 e. The van der Waals surface area contributed by atoms with E-state index in [2.05, 4.69) is 61.0 Å². The smallest absolute Gasteiger partial charge is 0.0450 e. The maximum Gasteiger partial charge on any atom is 0.0450 e. The van der Waals surface area contributed by atoms with Crippen LogP contribution in [0.5, 0.6) is 0 Å². The maximum atomic E-state index is 2.45. The molecule has 0 spiro atoms. The molecular weight excluding hydrogens is 190 g/mol. The first-order chi connectivity index (χ1) is 6.79. The summed E-state index contributed by atoms with van der Waals surface area (Å²) >= 11 is 2.09. The lowest BCUT2D eigenvalue weighted by Gasteiger charge is -2.36. The first-order valence-corrected chi connectivity index (χ1v) is 6.20. The number of rotatable bonds is 1. The van der Waals surface area contributed by atoms with Gasteiger partial charge in [-0.05, 0) is 19.5 Å². The Morgan fingerprint density at radius 3 is 2.71 bits per heavy atom. The van der Waals surface area contributed by atoms with Crippen molar-refractivity contribution in [3.8, 4) is 0 Å². The van der Waals surface area contributed by atoms with Gasteiger partial charge in [0.2, 0.25) is 0 Å². The Bertz CT molecular complexity index is 286. The Balaban J connectivity index is 2.17. The summed E-state index contributed by atoms with van der Waals surface area (Å²) in [5.41, 5.74) is 1.47. The van der Waals surface area contributed by atoms with Crippen molar-refractivity contribution in [3.63, 3.8) is 0 Å². The molecule has 1 aromatic carbocycles. The van der Waals surface area contributed by atoms with Gasteiger partial charge >= 0.3 is 0 Å². The van der Waals surface area contributed by atoms with Crippen LogP contribution < -0.4 is 0 Å². The minimum absolute atomic E-state index is 0.648. The third-order valence-corrected chi connectivity index (χ3v) is 4.45. The van der Waals surface area contributed by atoms with E-state index in [1.54, 1.807) is 0 Å². The highest BCUT2D eigenvalue weighted by Gasteiger charge is 2.26. The Labute approximate surface area is 90.5 Å². The molecule has 0 saturated carbocycles. The van der Waals surface area contributed by atoms with Gasteiger partial charge < -0.3 is 4.90 Å². The first-order valence-electron chi connectivity index (χ1n) is 5.16. The van der Waals surface area contributed by atoms with E-state index >= 15 is 0 Å². The van der Waals surface area contributed by atoms with E-state index in [4.69, 9.17) is 0 Å². The minimum atomic E-state index is 0.648. The Morgan fingerprint density at radius 1 is 1.29 bits per heavy atom. The predicted molar refractivity (Wildman–Crippen MR) is 63.7 cm³/mol. The zero-order chi connectivity index (χ0) is 9.97. The molecule has 14 heavy (non-hydrogen) atoms. The lowest BCUT2D eigenvalue weighted by Crippen LogP contribution is -2.38. The second-order valence-corrected chi connectivity index (χ2v) is 5.17. The van der Waals surface area contributed by atoms with Gasteiger partial charge in [0.05, 0.1) is 0 Å². The zero-order valence-electron chi connectivity index (χ0n) is 8.81. The van der Waals surface area contributed by atoms with Crippen molar-refractivity contribution < 1.29 is 0 Å². The molecule has 0 aliphatic carbocycles. The van der Waals surface area contributed by atoms with Gasteiger partial charge in [-0.3, -0.25) is 0 Å². The Morgan fingerprint density at radius 2 is 2.00 bits per heavy atom. The highest BCUT2D eigenvalue weighted by Crippen LogP contribution is 2.37. The molecule has 1 nitrogen and oxygen atoms in total. The summed E-state index contributed by atoms with van der Waals surface area (Å²) in [5, 5.41) is 0.648. The summed E-state index contributed by atoms with van der Waals surface area (Å²) in [5.74, 6) is 1.25. The number of thioether (sulfide) groups is 1. The van der Waals surface area contributed by atoms with Crippen LogP contribution in [0.15, 0.2) is 30.3 Å².